The minimum absolute atomic E-state index is 0.0689. The van der Waals surface area contributed by atoms with Crippen molar-refractivity contribution in [3.63, 3.8) is 0 Å². The molecule has 1 atom stereocenters. The molecule has 4 aromatic rings. The quantitative estimate of drug-likeness (QED) is 0.131. The fraction of sp³-hybridized carbons (Fsp3) is 0.333. The smallest absolute Gasteiger partial charge is 0.264 e. The van der Waals surface area contributed by atoms with Crippen LogP contribution < -0.4 is 14.4 Å². The van der Waals surface area contributed by atoms with Crippen LogP contribution in [0.1, 0.15) is 61.8 Å². The molecule has 4 aromatic carbocycles. The molecule has 8 nitrogen and oxygen atoms in total. The maximum absolute atomic E-state index is 14.7. The van der Waals surface area contributed by atoms with Gasteiger partial charge in [0, 0.05) is 19.5 Å². The van der Waals surface area contributed by atoms with E-state index in [0.29, 0.717) is 18.0 Å². The number of anilines is 1. The summed E-state index contributed by atoms with van der Waals surface area (Å²) in [7, 11) is -2.60. The van der Waals surface area contributed by atoms with Crippen molar-refractivity contribution in [2.75, 3.05) is 24.5 Å². The largest absolute Gasteiger partial charge is 0.497 e. The number of hydrogen-bond donors (Lipinski definition) is 1. The van der Waals surface area contributed by atoms with Crippen LogP contribution in [-0.2, 0) is 32.6 Å². The van der Waals surface area contributed by atoms with Crippen molar-refractivity contribution in [2.24, 2.45) is 0 Å². The first-order chi connectivity index (χ1) is 23.0. The Labute approximate surface area is 285 Å². The summed E-state index contributed by atoms with van der Waals surface area (Å²) in [5.74, 6) is 0.0534. The zero-order valence-corrected chi connectivity index (χ0v) is 29.4. The summed E-state index contributed by atoms with van der Waals surface area (Å²) in [5.41, 5.74) is 3.95. The third kappa shape index (κ3) is 9.47. The molecule has 2 amide bonds. The molecule has 0 heterocycles. The number of aryl methyl sites for hydroxylation is 1. The average molecular weight is 670 g/mol. The van der Waals surface area contributed by atoms with Gasteiger partial charge in [-0.05, 0) is 72.4 Å². The number of nitrogens with zero attached hydrogens (tertiary/aromatic N) is 2. The maximum Gasteiger partial charge on any atom is 0.264 e. The van der Waals surface area contributed by atoms with Gasteiger partial charge in [0.25, 0.3) is 10.0 Å². The minimum atomic E-state index is -4.17. The Morgan fingerprint density at radius 3 is 2.15 bits per heavy atom. The zero-order valence-electron chi connectivity index (χ0n) is 28.6. The van der Waals surface area contributed by atoms with E-state index in [1.165, 1.54) is 4.90 Å². The molecule has 1 unspecified atom stereocenters. The second-order valence-electron chi connectivity index (χ2n) is 12.3. The molecule has 0 aromatic heterocycles. The van der Waals surface area contributed by atoms with Crippen molar-refractivity contribution < 1.29 is 22.7 Å². The van der Waals surface area contributed by atoms with E-state index in [4.69, 9.17) is 4.74 Å². The first kappa shape index (κ1) is 36.2. The number of carbonyl (C=O) groups is 2. The standard InChI is InChI=1S/C39H47N3O5S/c1-6-7-24-40-39(44)37(26-31-12-9-8-10-13-31)41(27-32-14-11-15-35(25-32)47-5)38(43)28-42(34-20-18-33(19-21-34)29(2)3)48(45,46)36-22-16-30(4)17-23-36/h8-23,25,29,37H,6-7,24,26-28H2,1-5H3,(H,40,44). The molecular weight excluding hydrogens is 623 g/mol. The molecule has 1 N–H and O–H groups in total. The van der Waals surface area contributed by atoms with Crippen LogP contribution in [0.25, 0.3) is 0 Å². The highest BCUT2D eigenvalue weighted by Crippen LogP contribution is 2.27. The van der Waals surface area contributed by atoms with E-state index in [0.717, 1.165) is 39.4 Å². The molecule has 0 aliphatic rings. The lowest BCUT2D eigenvalue weighted by Crippen LogP contribution is -2.53. The monoisotopic (exact) mass is 669 g/mol. The van der Waals surface area contributed by atoms with Crippen LogP contribution in [0.4, 0.5) is 5.69 Å². The van der Waals surface area contributed by atoms with Crippen molar-refractivity contribution in [1.29, 1.82) is 0 Å². The summed E-state index contributed by atoms with van der Waals surface area (Å²) in [6, 6.07) is 29.8. The van der Waals surface area contributed by atoms with Gasteiger partial charge in [-0.1, -0.05) is 99.5 Å². The van der Waals surface area contributed by atoms with Gasteiger partial charge in [0.05, 0.1) is 17.7 Å². The lowest BCUT2D eigenvalue weighted by molar-refractivity contribution is -0.140. The number of ether oxygens (including phenoxy) is 1. The van der Waals surface area contributed by atoms with Crippen LogP contribution >= 0.6 is 0 Å². The molecule has 0 saturated heterocycles. The predicted octanol–water partition coefficient (Wildman–Crippen LogP) is 6.88. The van der Waals surface area contributed by atoms with E-state index < -0.39 is 28.5 Å². The van der Waals surface area contributed by atoms with Gasteiger partial charge < -0.3 is 15.0 Å². The highest BCUT2D eigenvalue weighted by molar-refractivity contribution is 7.92. The molecule has 0 fully saturated rings. The molecule has 0 saturated carbocycles. The number of hydrogen-bond acceptors (Lipinski definition) is 5. The third-order valence-corrected chi connectivity index (χ3v) is 10.1. The Kier molecular flexibility index (Phi) is 12.8. The highest BCUT2D eigenvalue weighted by atomic mass is 32.2. The Morgan fingerprint density at radius 1 is 0.854 bits per heavy atom. The number of rotatable bonds is 16. The number of nitrogens with one attached hydrogen (secondary N) is 1. The van der Waals surface area contributed by atoms with E-state index in [1.807, 2.05) is 80.6 Å². The summed E-state index contributed by atoms with van der Waals surface area (Å²) >= 11 is 0. The van der Waals surface area contributed by atoms with Crippen LogP contribution in [0.15, 0.2) is 108 Å². The molecule has 0 spiro atoms. The number of methoxy groups -OCH3 is 1. The molecular formula is C39H47N3O5S. The van der Waals surface area contributed by atoms with E-state index in [2.05, 4.69) is 19.2 Å². The molecule has 9 heteroatoms. The van der Waals surface area contributed by atoms with Crippen molar-refractivity contribution in [3.8, 4) is 5.75 Å². The first-order valence-electron chi connectivity index (χ1n) is 16.5. The van der Waals surface area contributed by atoms with Crippen LogP contribution in [-0.4, -0.2) is 51.4 Å². The number of carbonyl (C=O) groups excluding carboxylic acids is 2. The first-order valence-corrected chi connectivity index (χ1v) is 17.9. The SMILES string of the molecule is CCCCNC(=O)C(Cc1ccccc1)N(Cc1cccc(OC)c1)C(=O)CN(c1ccc(C(C)C)cc1)S(=O)(=O)c1ccc(C)cc1. The van der Waals surface area contributed by atoms with Gasteiger partial charge in [-0.25, -0.2) is 8.42 Å². The molecule has 0 aliphatic carbocycles. The number of benzene rings is 4. The Morgan fingerprint density at radius 2 is 1.52 bits per heavy atom. The molecule has 4 rings (SSSR count). The molecule has 48 heavy (non-hydrogen) atoms. The number of sulfonamides is 1. The second-order valence-corrected chi connectivity index (χ2v) is 14.2. The Balaban J connectivity index is 1.81. The normalized spacial score (nSPS) is 12.0. The third-order valence-electron chi connectivity index (χ3n) is 8.32. The van der Waals surface area contributed by atoms with E-state index in [1.54, 1.807) is 43.5 Å². The van der Waals surface area contributed by atoms with E-state index >= 15 is 0 Å². The fourth-order valence-corrected chi connectivity index (χ4v) is 6.83. The number of unbranched alkanes of at least 4 members (excludes halogenated alkanes) is 1. The summed E-state index contributed by atoms with van der Waals surface area (Å²) in [6.45, 7) is 8.09. The van der Waals surface area contributed by atoms with Crippen molar-refractivity contribution >= 4 is 27.5 Å². The van der Waals surface area contributed by atoms with Gasteiger partial charge in [-0.15, -0.1) is 0 Å². The van der Waals surface area contributed by atoms with Gasteiger partial charge in [-0.2, -0.15) is 0 Å². The molecule has 254 valence electrons. The van der Waals surface area contributed by atoms with Crippen LogP contribution in [0.5, 0.6) is 5.75 Å². The highest BCUT2D eigenvalue weighted by Gasteiger charge is 2.34. The van der Waals surface area contributed by atoms with Crippen LogP contribution in [0.2, 0.25) is 0 Å². The summed E-state index contributed by atoms with van der Waals surface area (Å²) in [4.78, 5) is 30.2. The predicted molar refractivity (Wildman–Crippen MR) is 192 cm³/mol. The minimum Gasteiger partial charge on any atom is -0.497 e. The van der Waals surface area contributed by atoms with E-state index in [9.17, 15) is 18.0 Å². The Bertz CT molecular complexity index is 1740. The van der Waals surface area contributed by atoms with Crippen molar-refractivity contribution in [3.05, 3.63) is 125 Å². The van der Waals surface area contributed by atoms with Crippen molar-refractivity contribution in [2.45, 2.75) is 70.4 Å². The molecule has 0 bridgehead atoms. The summed E-state index contributed by atoms with van der Waals surface area (Å²) in [6.07, 6.45) is 1.95. The lowest BCUT2D eigenvalue weighted by atomic mass is 10.0. The topological polar surface area (TPSA) is 96.0 Å². The Hall–Kier alpha value is -4.63. The zero-order chi connectivity index (χ0) is 34.7. The summed E-state index contributed by atoms with van der Waals surface area (Å²) in [5, 5.41) is 3.02. The van der Waals surface area contributed by atoms with Crippen molar-refractivity contribution in [1.82, 2.24) is 10.2 Å². The summed E-state index contributed by atoms with van der Waals surface area (Å²) < 4.78 is 35.2. The van der Waals surface area contributed by atoms with Gasteiger partial charge in [0.15, 0.2) is 0 Å². The second kappa shape index (κ2) is 17.0. The van der Waals surface area contributed by atoms with Crippen LogP contribution in [0.3, 0.4) is 0 Å². The van der Waals surface area contributed by atoms with E-state index in [-0.39, 0.29) is 29.7 Å². The van der Waals surface area contributed by atoms with Gasteiger partial charge in [0.1, 0.15) is 18.3 Å². The van der Waals surface area contributed by atoms with Gasteiger partial charge >= 0.3 is 0 Å². The van der Waals surface area contributed by atoms with Gasteiger partial charge in [-0.3, -0.25) is 13.9 Å². The number of amides is 2. The lowest BCUT2D eigenvalue weighted by Gasteiger charge is -2.34. The maximum atomic E-state index is 14.7. The molecule has 0 aliphatic heterocycles. The van der Waals surface area contributed by atoms with Gasteiger partial charge in [0.2, 0.25) is 11.8 Å². The fourth-order valence-electron chi connectivity index (χ4n) is 5.42. The molecule has 0 radical (unpaired) electrons. The average Bonchev–Trinajstić information content (AvgIpc) is 3.09. The van der Waals surface area contributed by atoms with Crippen LogP contribution in [0, 0.1) is 6.92 Å².